The number of ether oxygens (including phenoxy) is 1. The predicted molar refractivity (Wildman–Crippen MR) is 65.9 cm³/mol. The molecule has 1 aromatic heterocycles. The van der Waals surface area contributed by atoms with Gasteiger partial charge in [-0.15, -0.1) is 0 Å². The van der Waals surface area contributed by atoms with Crippen LogP contribution in [-0.2, 0) is 4.74 Å². The van der Waals surface area contributed by atoms with Crippen molar-refractivity contribution in [1.29, 1.82) is 0 Å². The summed E-state index contributed by atoms with van der Waals surface area (Å²) in [5.41, 5.74) is 6.19. The van der Waals surface area contributed by atoms with E-state index >= 15 is 0 Å². The van der Waals surface area contributed by atoms with Gasteiger partial charge < -0.3 is 15.4 Å². The highest BCUT2D eigenvalue weighted by Crippen LogP contribution is 2.25. The van der Waals surface area contributed by atoms with Crippen molar-refractivity contribution in [1.82, 2.24) is 4.98 Å². The van der Waals surface area contributed by atoms with Gasteiger partial charge in [0.2, 0.25) is 0 Å². The molecule has 0 radical (unpaired) electrons. The molecule has 0 spiro atoms. The third-order valence-electron chi connectivity index (χ3n) is 2.62. The number of aromatic nitrogens is 1. The number of hydrogen-bond donors (Lipinski definition) is 1. The predicted octanol–water partition coefficient (Wildman–Crippen LogP) is 1.93. The van der Waals surface area contributed by atoms with Crippen molar-refractivity contribution in [2.24, 2.45) is 0 Å². The highest BCUT2D eigenvalue weighted by Gasteiger charge is 2.27. The second-order valence-corrected chi connectivity index (χ2v) is 5.00. The largest absolute Gasteiger partial charge is 0.397 e. The van der Waals surface area contributed by atoms with Crippen LogP contribution in [0, 0.1) is 0 Å². The van der Waals surface area contributed by atoms with Gasteiger partial charge in [0.15, 0.2) is 0 Å². The zero-order valence-corrected chi connectivity index (χ0v) is 10.3. The molecule has 1 fully saturated rings. The minimum Gasteiger partial charge on any atom is -0.397 e. The summed E-state index contributed by atoms with van der Waals surface area (Å²) in [7, 11) is 0. The highest BCUT2D eigenvalue weighted by molar-refractivity contribution is 6.32. The Balaban J connectivity index is 2.20. The van der Waals surface area contributed by atoms with E-state index in [9.17, 15) is 0 Å². The standard InChI is InChI=1S/C11H16ClN3O/c1-11(2)7-15(3-4-16-11)10-5-9(13)8(12)6-14-10/h5-6H,3-4,7H2,1-2H3,(H2,13,14). The summed E-state index contributed by atoms with van der Waals surface area (Å²) in [6.45, 7) is 6.48. The van der Waals surface area contributed by atoms with Gasteiger partial charge in [-0.05, 0) is 13.8 Å². The average molecular weight is 242 g/mol. The van der Waals surface area contributed by atoms with E-state index in [1.807, 2.05) is 6.07 Å². The number of morpholine rings is 1. The number of halogens is 1. The van der Waals surface area contributed by atoms with E-state index < -0.39 is 0 Å². The molecular formula is C11H16ClN3O. The van der Waals surface area contributed by atoms with Gasteiger partial charge in [0.25, 0.3) is 0 Å². The number of rotatable bonds is 1. The van der Waals surface area contributed by atoms with E-state index in [4.69, 9.17) is 22.1 Å². The fourth-order valence-corrected chi connectivity index (χ4v) is 1.93. The van der Waals surface area contributed by atoms with Crippen LogP contribution in [-0.4, -0.2) is 30.3 Å². The maximum absolute atomic E-state index is 5.84. The summed E-state index contributed by atoms with van der Waals surface area (Å²) in [5, 5.41) is 0.497. The Morgan fingerprint density at radius 1 is 1.56 bits per heavy atom. The van der Waals surface area contributed by atoms with Gasteiger partial charge in [0.05, 0.1) is 22.9 Å². The van der Waals surface area contributed by atoms with Gasteiger partial charge in [0.1, 0.15) is 5.82 Å². The molecule has 0 atom stereocenters. The molecular weight excluding hydrogens is 226 g/mol. The lowest BCUT2D eigenvalue weighted by Gasteiger charge is -2.38. The summed E-state index contributed by atoms with van der Waals surface area (Å²) < 4.78 is 5.64. The minimum absolute atomic E-state index is 0.145. The number of anilines is 2. The van der Waals surface area contributed by atoms with Gasteiger partial charge in [-0.3, -0.25) is 0 Å². The molecule has 2 heterocycles. The van der Waals surface area contributed by atoms with Crippen LogP contribution < -0.4 is 10.6 Å². The van der Waals surface area contributed by atoms with Crippen LogP contribution in [0.4, 0.5) is 11.5 Å². The molecule has 0 aliphatic carbocycles. The van der Waals surface area contributed by atoms with Crippen molar-refractivity contribution >= 4 is 23.1 Å². The molecule has 0 unspecified atom stereocenters. The van der Waals surface area contributed by atoms with Crippen molar-refractivity contribution in [3.05, 3.63) is 17.3 Å². The number of nitrogen functional groups attached to an aromatic ring is 1. The van der Waals surface area contributed by atoms with E-state index in [-0.39, 0.29) is 5.60 Å². The Labute approximate surface area is 100 Å². The zero-order valence-electron chi connectivity index (χ0n) is 9.53. The van der Waals surface area contributed by atoms with Crippen molar-refractivity contribution in [2.45, 2.75) is 19.4 Å². The Morgan fingerprint density at radius 3 is 2.94 bits per heavy atom. The SMILES string of the molecule is CC1(C)CN(c2cc(N)c(Cl)cn2)CCO1. The van der Waals surface area contributed by atoms with Crippen LogP contribution in [0.1, 0.15) is 13.8 Å². The van der Waals surface area contributed by atoms with Crippen LogP contribution in [0.2, 0.25) is 5.02 Å². The average Bonchev–Trinajstić information content (AvgIpc) is 2.20. The van der Waals surface area contributed by atoms with Crippen LogP contribution in [0.15, 0.2) is 12.3 Å². The van der Waals surface area contributed by atoms with Crippen molar-refractivity contribution in [3.63, 3.8) is 0 Å². The third-order valence-corrected chi connectivity index (χ3v) is 2.94. The Kier molecular flexibility index (Phi) is 2.95. The molecule has 1 aliphatic rings. The second-order valence-electron chi connectivity index (χ2n) is 4.59. The fourth-order valence-electron chi connectivity index (χ4n) is 1.83. The number of nitrogens with zero attached hydrogens (tertiary/aromatic N) is 2. The maximum atomic E-state index is 5.84. The summed E-state index contributed by atoms with van der Waals surface area (Å²) in [6.07, 6.45) is 1.59. The Bertz CT molecular complexity index is 395. The molecule has 0 bridgehead atoms. The minimum atomic E-state index is -0.145. The molecule has 4 nitrogen and oxygen atoms in total. The highest BCUT2D eigenvalue weighted by atomic mass is 35.5. The van der Waals surface area contributed by atoms with E-state index in [2.05, 4.69) is 23.7 Å². The first kappa shape index (κ1) is 11.5. The first-order valence-electron chi connectivity index (χ1n) is 5.28. The maximum Gasteiger partial charge on any atom is 0.130 e. The lowest BCUT2D eigenvalue weighted by Crippen LogP contribution is -2.48. The monoisotopic (exact) mass is 241 g/mol. The molecule has 2 rings (SSSR count). The quantitative estimate of drug-likeness (QED) is 0.816. The van der Waals surface area contributed by atoms with Crippen LogP contribution in [0.3, 0.4) is 0 Å². The summed E-state index contributed by atoms with van der Waals surface area (Å²) in [5.74, 6) is 0.860. The Morgan fingerprint density at radius 2 is 2.31 bits per heavy atom. The van der Waals surface area contributed by atoms with E-state index in [0.29, 0.717) is 17.3 Å². The molecule has 1 aromatic rings. The van der Waals surface area contributed by atoms with Gasteiger partial charge in [0, 0.05) is 25.4 Å². The molecule has 1 aliphatic heterocycles. The first-order chi connectivity index (χ1) is 7.48. The van der Waals surface area contributed by atoms with Crippen LogP contribution >= 0.6 is 11.6 Å². The molecule has 0 amide bonds. The van der Waals surface area contributed by atoms with Gasteiger partial charge in [-0.25, -0.2) is 4.98 Å². The van der Waals surface area contributed by atoms with Crippen molar-refractivity contribution in [3.8, 4) is 0 Å². The summed E-state index contributed by atoms with van der Waals surface area (Å²) >= 11 is 5.84. The van der Waals surface area contributed by atoms with E-state index in [1.54, 1.807) is 6.20 Å². The van der Waals surface area contributed by atoms with Crippen molar-refractivity contribution < 1.29 is 4.74 Å². The smallest absolute Gasteiger partial charge is 0.130 e. The Hall–Kier alpha value is -1.00. The van der Waals surface area contributed by atoms with Gasteiger partial charge in [-0.2, -0.15) is 0 Å². The second kappa shape index (κ2) is 4.11. The van der Waals surface area contributed by atoms with Gasteiger partial charge >= 0.3 is 0 Å². The third kappa shape index (κ3) is 2.39. The lowest BCUT2D eigenvalue weighted by molar-refractivity contribution is -0.0279. The molecule has 0 aromatic carbocycles. The number of pyridine rings is 1. The van der Waals surface area contributed by atoms with Crippen LogP contribution in [0.25, 0.3) is 0 Å². The lowest BCUT2D eigenvalue weighted by atomic mass is 10.1. The molecule has 16 heavy (non-hydrogen) atoms. The van der Waals surface area contributed by atoms with E-state index in [0.717, 1.165) is 18.9 Å². The molecule has 2 N–H and O–H groups in total. The molecule has 1 saturated heterocycles. The summed E-state index contributed by atoms with van der Waals surface area (Å²) in [6, 6.07) is 1.81. The molecule has 0 saturated carbocycles. The van der Waals surface area contributed by atoms with Gasteiger partial charge in [-0.1, -0.05) is 11.6 Å². The fraction of sp³-hybridized carbons (Fsp3) is 0.545. The topological polar surface area (TPSA) is 51.4 Å². The molecule has 88 valence electrons. The number of hydrogen-bond acceptors (Lipinski definition) is 4. The van der Waals surface area contributed by atoms with Crippen molar-refractivity contribution in [2.75, 3.05) is 30.3 Å². The number of nitrogens with two attached hydrogens (primary N) is 1. The first-order valence-corrected chi connectivity index (χ1v) is 5.66. The normalized spacial score (nSPS) is 19.8. The molecule has 5 heteroatoms. The van der Waals surface area contributed by atoms with E-state index in [1.165, 1.54) is 0 Å². The zero-order chi connectivity index (χ0) is 11.8. The van der Waals surface area contributed by atoms with Crippen LogP contribution in [0.5, 0.6) is 0 Å². The summed E-state index contributed by atoms with van der Waals surface area (Å²) in [4.78, 5) is 6.45.